The number of carbonyl (C=O) groups is 1. The third-order valence-corrected chi connectivity index (χ3v) is 5.46. The summed E-state index contributed by atoms with van der Waals surface area (Å²) in [6.07, 6.45) is 0. The van der Waals surface area contributed by atoms with Crippen molar-refractivity contribution in [1.29, 1.82) is 0 Å². The maximum absolute atomic E-state index is 12.7. The van der Waals surface area contributed by atoms with Crippen molar-refractivity contribution in [2.75, 3.05) is 5.32 Å². The van der Waals surface area contributed by atoms with Crippen LogP contribution in [0, 0.1) is 0 Å². The standard InChI is InChI=1S/C25H20N2O2/c1-2-27-22-11-7-6-10-18(22)19-13-12-16-14-21(23(28)15-20(16)24(19)27)25(29)26-17-8-4-3-5-9-17/h3-15,28H,2H2,1H3,(H,26,29). The number of nitrogens with one attached hydrogen (secondary N) is 1. The SMILES string of the molecule is CCn1c2ccccc2c2ccc3cc(C(=O)Nc4ccccc4)c(O)cc3c21. The fourth-order valence-electron chi connectivity index (χ4n) is 4.14. The Labute approximate surface area is 168 Å². The topological polar surface area (TPSA) is 54.3 Å². The van der Waals surface area contributed by atoms with Crippen LogP contribution in [0.4, 0.5) is 5.69 Å². The van der Waals surface area contributed by atoms with Gasteiger partial charge in [0.1, 0.15) is 5.75 Å². The number of para-hydroxylation sites is 2. The molecule has 1 amide bonds. The average Bonchev–Trinajstić information content (AvgIpc) is 3.08. The molecule has 4 aromatic carbocycles. The molecule has 4 nitrogen and oxygen atoms in total. The molecule has 0 radical (unpaired) electrons. The lowest BCUT2D eigenvalue weighted by Gasteiger charge is -2.11. The Balaban J connectivity index is 1.71. The number of fused-ring (bicyclic) bond motifs is 5. The van der Waals surface area contributed by atoms with Gasteiger partial charge in [-0.2, -0.15) is 0 Å². The minimum atomic E-state index is -0.327. The first kappa shape index (κ1) is 17.3. The normalized spacial score (nSPS) is 11.3. The van der Waals surface area contributed by atoms with Gasteiger partial charge in [-0.05, 0) is 42.6 Å². The highest BCUT2D eigenvalue weighted by atomic mass is 16.3. The van der Waals surface area contributed by atoms with E-state index in [0.29, 0.717) is 5.69 Å². The second-order valence-electron chi connectivity index (χ2n) is 7.13. The number of hydrogen-bond acceptors (Lipinski definition) is 2. The van der Waals surface area contributed by atoms with E-state index in [9.17, 15) is 9.90 Å². The number of aromatic nitrogens is 1. The maximum Gasteiger partial charge on any atom is 0.259 e. The number of aromatic hydroxyl groups is 1. The molecule has 1 heterocycles. The number of phenolic OH excluding ortho intramolecular Hbond substituents is 1. The number of hydrogen-bond donors (Lipinski definition) is 2. The zero-order valence-electron chi connectivity index (χ0n) is 16.0. The zero-order chi connectivity index (χ0) is 20.0. The molecule has 5 rings (SSSR count). The molecule has 1 aromatic heterocycles. The van der Waals surface area contributed by atoms with Gasteiger partial charge in [0.2, 0.25) is 0 Å². The predicted octanol–water partition coefficient (Wildman–Crippen LogP) is 5.93. The smallest absolute Gasteiger partial charge is 0.259 e. The zero-order valence-corrected chi connectivity index (χ0v) is 16.0. The summed E-state index contributed by atoms with van der Waals surface area (Å²) >= 11 is 0. The van der Waals surface area contributed by atoms with Crippen LogP contribution in [0.5, 0.6) is 5.75 Å². The summed E-state index contributed by atoms with van der Waals surface area (Å²) in [6.45, 7) is 2.94. The molecule has 2 N–H and O–H groups in total. The van der Waals surface area contributed by atoms with Crippen LogP contribution in [0.2, 0.25) is 0 Å². The Morgan fingerprint density at radius 1 is 0.897 bits per heavy atom. The van der Waals surface area contributed by atoms with Crippen molar-refractivity contribution in [3.63, 3.8) is 0 Å². The highest BCUT2D eigenvalue weighted by Gasteiger charge is 2.17. The van der Waals surface area contributed by atoms with E-state index in [1.54, 1.807) is 12.1 Å². The van der Waals surface area contributed by atoms with Crippen molar-refractivity contribution in [2.24, 2.45) is 0 Å². The van der Waals surface area contributed by atoms with Gasteiger partial charge >= 0.3 is 0 Å². The monoisotopic (exact) mass is 380 g/mol. The van der Waals surface area contributed by atoms with Gasteiger partial charge in [-0.25, -0.2) is 0 Å². The minimum Gasteiger partial charge on any atom is -0.507 e. The third-order valence-electron chi connectivity index (χ3n) is 5.46. The minimum absolute atomic E-state index is 0.0219. The largest absolute Gasteiger partial charge is 0.507 e. The van der Waals surface area contributed by atoms with Gasteiger partial charge in [0.05, 0.1) is 11.1 Å². The molecule has 0 unspecified atom stereocenters. The Morgan fingerprint density at radius 2 is 1.66 bits per heavy atom. The van der Waals surface area contributed by atoms with Crippen LogP contribution < -0.4 is 5.32 Å². The molecule has 0 aliphatic rings. The van der Waals surface area contributed by atoms with E-state index < -0.39 is 0 Å². The van der Waals surface area contributed by atoms with E-state index in [1.807, 2.05) is 48.5 Å². The van der Waals surface area contributed by atoms with Crippen molar-refractivity contribution in [3.05, 3.63) is 84.4 Å². The Bertz CT molecular complexity index is 1380. The Kier molecular flexibility index (Phi) is 3.98. The highest BCUT2D eigenvalue weighted by Crippen LogP contribution is 2.36. The van der Waals surface area contributed by atoms with Gasteiger partial charge in [0.25, 0.3) is 5.91 Å². The molecule has 0 spiro atoms. The summed E-state index contributed by atoms with van der Waals surface area (Å²) in [4.78, 5) is 12.7. The van der Waals surface area contributed by atoms with Gasteiger partial charge in [0.15, 0.2) is 0 Å². The highest BCUT2D eigenvalue weighted by molar-refractivity contribution is 6.19. The lowest BCUT2D eigenvalue weighted by molar-refractivity contribution is 0.102. The number of nitrogens with zero attached hydrogens (tertiary/aromatic N) is 1. The number of carbonyl (C=O) groups excluding carboxylic acids is 1. The molecule has 0 bridgehead atoms. The van der Waals surface area contributed by atoms with Gasteiger partial charge in [-0.1, -0.05) is 48.5 Å². The molecule has 0 saturated heterocycles. The second kappa shape index (κ2) is 6.67. The van der Waals surface area contributed by atoms with Crippen LogP contribution in [0.25, 0.3) is 32.6 Å². The van der Waals surface area contributed by atoms with Crippen LogP contribution >= 0.6 is 0 Å². The van der Waals surface area contributed by atoms with Crippen LogP contribution in [0.1, 0.15) is 17.3 Å². The lowest BCUT2D eigenvalue weighted by Crippen LogP contribution is -2.12. The van der Waals surface area contributed by atoms with E-state index in [1.165, 1.54) is 10.9 Å². The van der Waals surface area contributed by atoms with Crippen LogP contribution in [-0.4, -0.2) is 15.6 Å². The number of phenols is 1. The van der Waals surface area contributed by atoms with Crippen LogP contribution in [0.15, 0.2) is 78.9 Å². The van der Waals surface area contributed by atoms with Crippen molar-refractivity contribution >= 4 is 44.2 Å². The van der Waals surface area contributed by atoms with Crippen molar-refractivity contribution < 1.29 is 9.90 Å². The van der Waals surface area contributed by atoms with Crippen molar-refractivity contribution in [2.45, 2.75) is 13.5 Å². The molecule has 0 atom stereocenters. The fraction of sp³-hybridized carbons (Fsp3) is 0.0800. The molecule has 29 heavy (non-hydrogen) atoms. The first-order chi connectivity index (χ1) is 14.2. The summed E-state index contributed by atoms with van der Waals surface area (Å²) in [7, 11) is 0. The molecular formula is C25H20N2O2. The first-order valence-electron chi connectivity index (χ1n) is 9.70. The van der Waals surface area contributed by atoms with Crippen LogP contribution in [-0.2, 0) is 6.54 Å². The number of amides is 1. The average molecular weight is 380 g/mol. The number of aryl methyl sites for hydroxylation is 1. The molecule has 0 fully saturated rings. The van der Waals surface area contributed by atoms with E-state index in [-0.39, 0.29) is 17.2 Å². The number of anilines is 1. The van der Waals surface area contributed by atoms with Gasteiger partial charge in [-0.3, -0.25) is 4.79 Å². The third kappa shape index (κ3) is 2.72. The number of benzene rings is 4. The molecular weight excluding hydrogens is 360 g/mol. The number of rotatable bonds is 3. The predicted molar refractivity (Wildman–Crippen MR) is 119 cm³/mol. The summed E-state index contributed by atoms with van der Waals surface area (Å²) in [6, 6.07) is 25.2. The second-order valence-corrected chi connectivity index (χ2v) is 7.13. The van der Waals surface area contributed by atoms with E-state index in [2.05, 4.69) is 35.0 Å². The molecule has 0 saturated carbocycles. The maximum atomic E-state index is 12.7. The van der Waals surface area contributed by atoms with E-state index >= 15 is 0 Å². The molecule has 4 heteroatoms. The fourth-order valence-corrected chi connectivity index (χ4v) is 4.14. The summed E-state index contributed by atoms with van der Waals surface area (Å²) in [5.74, 6) is -0.349. The summed E-state index contributed by atoms with van der Waals surface area (Å²) in [5, 5.41) is 17.7. The molecule has 5 aromatic rings. The quantitative estimate of drug-likeness (QED) is 0.408. The summed E-state index contributed by atoms with van der Waals surface area (Å²) in [5.41, 5.74) is 3.21. The lowest BCUT2D eigenvalue weighted by atomic mass is 10.0. The van der Waals surface area contributed by atoms with E-state index in [4.69, 9.17) is 0 Å². The van der Waals surface area contributed by atoms with Crippen molar-refractivity contribution in [1.82, 2.24) is 4.57 Å². The first-order valence-corrected chi connectivity index (χ1v) is 9.70. The van der Waals surface area contributed by atoms with Gasteiger partial charge in [0, 0.05) is 33.9 Å². The Morgan fingerprint density at radius 3 is 2.45 bits per heavy atom. The van der Waals surface area contributed by atoms with Crippen LogP contribution in [0.3, 0.4) is 0 Å². The summed E-state index contributed by atoms with van der Waals surface area (Å²) < 4.78 is 2.26. The van der Waals surface area contributed by atoms with E-state index in [0.717, 1.165) is 28.2 Å². The van der Waals surface area contributed by atoms with Gasteiger partial charge in [-0.15, -0.1) is 0 Å². The molecule has 0 aliphatic carbocycles. The van der Waals surface area contributed by atoms with Crippen molar-refractivity contribution in [3.8, 4) is 5.75 Å². The van der Waals surface area contributed by atoms with Gasteiger partial charge < -0.3 is 15.0 Å². The molecule has 142 valence electrons. The molecule has 0 aliphatic heterocycles. The Hall–Kier alpha value is -3.79.